The van der Waals surface area contributed by atoms with Crippen molar-refractivity contribution in [2.45, 2.75) is 46.1 Å². The smallest absolute Gasteiger partial charge is 0.243 e. The third-order valence-corrected chi connectivity index (χ3v) is 3.50. The highest BCUT2D eigenvalue weighted by Crippen LogP contribution is 2.33. The molecule has 0 bridgehead atoms. The lowest BCUT2D eigenvalue weighted by molar-refractivity contribution is -0.117. The Kier molecular flexibility index (Phi) is 5.01. The van der Waals surface area contributed by atoms with Gasteiger partial charge in [-0.05, 0) is 18.9 Å². The Morgan fingerprint density at radius 2 is 1.87 bits per heavy atom. The van der Waals surface area contributed by atoms with Crippen LogP contribution in [-0.2, 0) is 4.79 Å². The maximum absolute atomic E-state index is 11.1. The summed E-state index contributed by atoms with van der Waals surface area (Å²) < 4.78 is 0. The first-order valence-corrected chi connectivity index (χ1v) is 5.52. The van der Waals surface area contributed by atoms with E-state index in [4.69, 9.17) is 5.73 Å². The van der Waals surface area contributed by atoms with E-state index >= 15 is 0 Å². The number of hydrogen-bond acceptors (Lipinski definition) is 2. The van der Waals surface area contributed by atoms with Crippen LogP contribution in [0.25, 0.3) is 0 Å². The summed E-state index contributed by atoms with van der Waals surface area (Å²) in [5.41, 5.74) is 5.97. The van der Waals surface area contributed by atoms with Crippen molar-refractivity contribution in [3.05, 3.63) is 12.7 Å². The third kappa shape index (κ3) is 3.34. The van der Waals surface area contributed by atoms with Crippen molar-refractivity contribution in [1.82, 2.24) is 5.32 Å². The first kappa shape index (κ1) is 14.2. The van der Waals surface area contributed by atoms with Gasteiger partial charge in [0.1, 0.15) is 0 Å². The second-order valence-corrected chi connectivity index (χ2v) is 4.67. The van der Waals surface area contributed by atoms with Gasteiger partial charge < -0.3 is 11.1 Å². The van der Waals surface area contributed by atoms with Crippen LogP contribution in [0.5, 0.6) is 0 Å². The molecule has 0 saturated carbocycles. The van der Waals surface area contributed by atoms with E-state index in [-0.39, 0.29) is 16.9 Å². The molecular formula is C12H24N2O. The van der Waals surface area contributed by atoms with Crippen LogP contribution in [0, 0.1) is 5.41 Å². The van der Waals surface area contributed by atoms with Crippen LogP contribution in [0.3, 0.4) is 0 Å². The lowest BCUT2D eigenvalue weighted by atomic mass is 9.69. The number of nitrogens with two attached hydrogens (primary N) is 1. The van der Waals surface area contributed by atoms with Crippen LogP contribution in [0.4, 0.5) is 0 Å². The van der Waals surface area contributed by atoms with Crippen molar-refractivity contribution in [2.24, 2.45) is 11.1 Å². The number of amides is 1. The van der Waals surface area contributed by atoms with Crippen molar-refractivity contribution < 1.29 is 4.79 Å². The maximum atomic E-state index is 11.1. The topological polar surface area (TPSA) is 55.1 Å². The van der Waals surface area contributed by atoms with Gasteiger partial charge in [0.15, 0.2) is 0 Å². The van der Waals surface area contributed by atoms with Crippen molar-refractivity contribution in [1.29, 1.82) is 0 Å². The van der Waals surface area contributed by atoms with Gasteiger partial charge in [0, 0.05) is 17.5 Å². The van der Waals surface area contributed by atoms with Gasteiger partial charge in [-0.3, -0.25) is 4.79 Å². The quantitative estimate of drug-likeness (QED) is 0.660. The molecule has 3 heteroatoms. The predicted octanol–water partition coefficient (Wildman–Crippen LogP) is 1.83. The molecule has 15 heavy (non-hydrogen) atoms. The minimum absolute atomic E-state index is 0.116. The summed E-state index contributed by atoms with van der Waals surface area (Å²) in [4.78, 5) is 11.1. The van der Waals surface area contributed by atoms with Crippen LogP contribution in [0.15, 0.2) is 12.7 Å². The molecule has 3 N–H and O–H groups in total. The van der Waals surface area contributed by atoms with E-state index < -0.39 is 0 Å². The second-order valence-electron chi connectivity index (χ2n) is 4.67. The van der Waals surface area contributed by atoms with Gasteiger partial charge in [-0.15, -0.1) is 0 Å². The molecule has 0 aromatic heterocycles. The second kappa shape index (κ2) is 5.31. The Bertz CT molecular complexity index is 230. The van der Waals surface area contributed by atoms with Crippen molar-refractivity contribution in [2.75, 3.05) is 6.54 Å². The average molecular weight is 212 g/mol. The first-order valence-electron chi connectivity index (χ1n) is 5.52. The van der Waals surface area contributed by atoms with Gasteiger partial charge >= 0.3 is 0 Å². The zero-order valence-electron chi connectivity index (χ0n) is 10.4. The van der Waals surface area contributed by atoms with Gasteiger partial charge in [-0.2, -0.15) is 0 Å². The molecule has 0 rings (SSSR count). The Morgan fingerprint density at radius 3 is 2.20 bits per heavy atom. The Morgan fingerprint density at radius 1 is 1.40 bits per heavy atom. The number of carbonyl (C=O) groups excluding carboxylic acids is 1. The van der Waals surface area contributed by atoms with Gasteiger partial charge in [0.2, 0.25) is 5.91 Å². The summed E-state index contributed by atoms with van der Waals surface area (Å²) in [5, 5.41) is 2.81. The van der Waals surface area contributed by atoms with Crippen LogP contribution in [0.2, 0.25) is 0 Å². The highest BCUT2D eigenvalue weighted by atomic mass is 16.1. The molecule has 0 saturated heterocycles. The molecule has 88 valence electrons. The number of hydrogen-bond donors (Lipinski definition) is 2. The largest absolute Gasteiger partial charge is 0.352 e. The molecule has 3 nitrogen and oxygen atoms in total. The van der Waals surface area contributed by atoms with E-state index in [0.717, 1.165) is 12.8 Å². The van der Waals surface area contributed by atoms with Crippen LogP contribution < -0.4 is 11.1 Å². The minimum Gasteiger partial charge on any atom is -0.352 e. The molecule has 0 radical (unpaired) electrons. The van der Waals surface area contributed by atoms with E-state index in [1.165, 1.54) is 6.08 Å². The molecule has 1 amide bonds. The normalized spacial score (nSPS) is 12.3. The van der Waals surface area contributed by atoms with Gasteiger partial charge in [0.05, 0.1) is 0 Å². The summed E-state index contributed by atoms with van der Waals surface area (Å²) >= 11 is 0. The van der Waals surface area contributed by atoms with E-state index in [1.807, 2.05) is 0 Å². The fourth-order valence-corrected chi connectivity index (χ4v) is 1.76. The summed E-state index contributed by atoms with van der Waals surface area (Å²) in [6.45, 7) is 12.3. The monoisotopic (exact) mass is 212 g/mol. The predicted molar refractivity (Wildman–Crippen MR) is 64.5 cm³/mol. The van der Waals surface area contributed by atoms with Crippen molar-refractivity contribution in [3.8, 4) is 0 Å². The molecule has 0 aliphatic carbocycles. The van der Waals surface area contributed by atoms with E-state index in [2.05, 4.69) is 39.6 Å². The molecule has 0 fully saturated rings. The molecular weight excluding hydrogens is 188 g/mol. The number of carbonyl (C=O) groups is 1. The third-order valence-electron chi connectivity index (χ3n) is 3.50. The van der Waals surface area contributed by atoms with Gasteiger partial charge in [-0.1, -0.05) is 34.3 Å². The zero-order valence-corrected chi connectivity index (χ0v) is 10.4. The van der Waals surface area contributed by atoms with Gasteiger partial charge in [0.25, 0.3) is 0 Å². The van der Waals surface area contributed by atoms with E-state index in [9.17, 15) is 4.79 Å². The summed E-state index contributed by atoms with van der Waals surface area (Å²) in [5.74, 6) is -0.141. The Hall–Kier alpha value is -0.830. The van der Waals surface area contributed by atoms with E-state index in [1.54, 1.807) is 0 Å². The number of rotatable bonds is 6. The van der Waals surface area contributed by atoms with Crippen molar-refractivity contribution in [3.63, 3.8) is 0 Å². The Labute approximate surface area is 93.1 Å². The molecule has 0 aromatic rings. The number of nitrogens with one attached hydrogen (secondary N) is 1. The summed E-state index contributed by atoms with van der Waals surface area (Å²) in [6, 6.07) is 0. The minimum atomic E-state index is -0.235. The summed E-state index contributed by atoms with van der Waals surface area (Å²) in [7, 11) is 0. The Balaban J connectivity index is 4.51. The lowest BCUT2D eigenvalue weighted by Gasteiger charge is -2.43. The molecule has 0 heterocycles. The molecule has 0 unspecified atom stereocenters. The van der Waals surface area contributed by atoms with Crippen LogP contribution in [0.1, 0.15) is 40.5 Å². The average Bonchev–Trinajstić information content (AvgIpc) is 2.24. The molecule has 0 spiro atoms. The van der Waals surface area contributed by atoms with Gasteiger partial charge in [-0.25, -0.2) is 0 Å². The standard InChI is InChI=1S/C12H24N2O/c1-6-10(15)14-9-11(4,5)12(13,7-2)8-3/h6H,1,7-9,13H2,2-5H3,(H,14,15). The van der Waals surface area contributed by atoms with Crippen molar-refractivity contribution >= 4 is 5.91 Å². The summed E-state index contributed by atoms with van der Waals surface area (Å²) in [6.07, 6.45) is 3.09. The molecule has 0 aliphatic heterocycles. The highest BCUT2D eigenvalue weighted by Gasteiger charge is 2.38. The first-order chi connectivity index (χ1) is 6.83. The fourth-order valence-electron chi connectivity index (χ4n) is 1.76. The van der Waals surface area contributed by atoms with E-state index in [0.29, 0.717) is 6.54 Å². The fraction of sp³-hybridized carbons (Fsp3) is 0.750. The molecule has 0 atom stereocenters. The van der Waals surface area contributed by atoms with Crippen LogP contribution >= 0.6 is 0 Å². The van der Waals surface area contributed by atoms with Crippen LogP contribution in [-0.4, -0.2) is 18.0 Å². The highest BCUT2D eigenvalue weighted by molar-refractivity contribution is 5.86. The molecule has 0 aliphatic rings. The zero-order chi connectivity index (χ0) is 12.1. The SMILES string of the molecule is C=CC(=O)NCC(C)(C)C(N)(CC)CC. The maximum Gasteiger partial charge on any atom is 0.243 e. The lowest BCUT2D eigenvalue weighted by Crippen LogP contribution is -2.56. The molecule has 0 aromatic carbocycles.